The van der Waals surface area contributed by atoms with Gasteiger partial charge in [-0.05, 0) is 55.4 Å². The molecule has 2 unspecified atom stereocenters. The summed E-state index contributed by atoms with van der Waals surface area (Å²) in [5.74, 6) is 0. The molecule has 2 heteroatoms. The second-order valence-electron chi connectivity index (χ2n) is 7.03. The van der Waals surface area contributed by atoms with Crippen molar-refractivity contribution < 1.29 is 0 Å². The number of benzene rings is 1. The van der Waals surface area contributed by atoms with Gasteiger partial charge in [0.05, 0.1) is 5.69 Å². The molecule has 0 spiro atoms. The lowest BCUT2D eigenvalue weighted by Gasteiger charge is -2.34. The molecule has 3 heterocycles. The number of nitrogens with zero attached hydrogens (tertiary/aromatic N) is 2. The lowest BCUT2D eigenvalue weighted by Crippen LogP contribution is -2.37. The molecule has 2 atom stereocenters. The molecule has 2 aliphatic rings. The predicted octanol–water partition coefficient (Wildman–Crippen LogP) is 4.52. The van der Waals surface area contributed by atoms with Crippen molar-refractivity contribution >= 4 is 5.57 Å². The molecule has 0 aliphatic carbocycles. The Labute approximate surface area is 138 Å². The third kappa shape index (κ3) is 2.84. The van der Waals surface area contributed by atoms with Gasteiger partial charge >= 0.3 is 0 Å². The highest BCUT2D eigenvalue weighted by Crippen LogP contribution is 2.39. The van der Waals surface area contributed by atoms with Gasteiger partial charge in [-0.25, -0.2) is 0 Å². The van der Waals surface area contributed by atoms with Crippen molar-refractivity contribution in [2.24, 2.45) is 0 Å². The van der Waals surface area contributed by atoms with E-state index in [2.05, 4.69) is 61.2 Å². The highest BCUT2D eigenvalue weighted by molar-refractivity contribution is 5.67. The molecule has 0 N–H and O–H groups in total. The average Bonchev–Trinajstić information content (AvgIpc) is 2.78. The van der Waals surface area contributed by atoms with Gasteiger partial charge < -0.3 is 0 Å². The fraction of sp³-hybridized carbons (Fsp3) is 0.381. The molecule has 1 aromatic carbocycles. The van der Waals surface area contributed by atoms with Gasteiger partial charge in [0.2, 0.25) is 0 Å². The van der Waals surface area contributed by atoms with E-state index < -0.39 is 0 Å². The maximum absolute atomic E-state index is 4.72. The Morgan fingerprint density at radius 1 is 1.13 bits per heavy atom. The van der Waals surface area contributed by atoms with Crippen LogP contribution in [-0.4, -0.2) is 22.0 Å². The van der Waals surface area contributed by atoms with Crippen LogP contribution in [0, 0.1) is 13.8 Å². The van der Waals surface area contributed by atoms with Gasteiger partial charge in [-0.2, -0.15) is 0 Å². The van der Waals surface area contributed by atoms with Crippen LogP contribution in [0.4, 0.5) is 0 Å². The van der Waals surface area contributed by atoms with Crippen molar-refractivity contribution in [3.05, 3.63) is 71.1 Å². The van der Waals surface area contributed by atoms with E-state index in [9.17, 15) is 0 Å². The number of pyridine rings is 1. The lowest BCUT2D eigenvalue weighted by molar-refractivity contribution is 0.203. The van der Waals surface area contributed by atoms with Crippen molar-refractivity contribution in [2.75, 3.05) is 0 Å². The second kappa shape index (κ2) is 5.93. The molecule has 1 fully saturated rings. The van der Waals surface area contributed by atoms with Crippen LogP contribution in [0.1, 0.15) is 41.6 Å². The molecule has 2 bridgehead atoms. The Morgan fingerprint density at radius 2 is 1.96 bits per heavy atom. The molecule has 2 aliphatic heterocycles. The molecule has 2 nitrogen and oxygen atoms in total. The molecule has 1 saturated heterocycles. The zero-order valence-electron chi connectivity index (χ0n) is 14.0. The molecule has 0 amide bonds. The summed E-state index contributed by atoms with van der Waals surface area (Å²) in [7, 11) is 0. The molecule has 118 valence electrons. The topological polar surface area (TPSA) is 16.1 Å². The first-order valence-electron chi connectivity index (χ1n) is 8.65. The van der Waals surface area contributed by atoms with Crippen LogP contribution in [0.25, 0.3) is 5.57 Å². The van der Waals surface area contributed by atoms with Crippen molar-refractivity contribution in [1.82, 2.24) is 9.88 Å². The minimum Gasteiger partial charge on any atom is -0.289 e. The highest BCUT2D eigenvalue weighted by Gasteiger charge is 2.36. The number of aryl methyl sites for hydroxylation is 2. The van der Waals surface area contributed by atoms with Crippen LogP contribution >= 0.6 is 0 Å². The van der Waals surface area contributed by atoms with Gasteiger partial charge in [-0.3, -0.25) is 9.88 Å². The smallest absolute Gasteiger partial charge is 0.0688 e. The third-order valence-electron chi connectivity index (χ3n) is 5.27. The number of aromatic nitrogens is 1. The largest absolute Gasteiger partial charge is 0.289 e. The Hall–Kier alpha value is -1.93. The van der Waals surface area contributed by atoms with E-state index in [-0.39, 0.29) is 0 Å². The molecule has 4 rings (SSSR count). The van der Waals surface area contributed by atoms with Gasteiger partial charge in [0.1, 0.15) is 0 Å². The number of rotatable bonds is 3. The predicted molar refractivity (Wildman–Crippen MR) is 95.1 cm³/mol. The van der Waals surface area contributed by atoms with Crippen molar-refractivity contribution in [2.45, 2.75) is 51.7 Å². The Bertz CT molecular complexity index is 733. The standard InChI is InChI=1S/C21H24N2/c1-15-10-16(2)21(22-13-15)18-11-19-8-9-20(12-18)23(19)14-17-6-4-3-5-7-17/h3-7,10-11,13,19-20H,8-9,12,14H2,1-2H3. The van der Waals surface area contributed by atoms with Crippen molar-refractivity contribution in [1.29, 1.82) is 0 Å². The summed E-state index contributed by atoms with van der Waals surface area (Å²) < 4.78 is 0. The van der Waals surface area contributed by atoms with Crippen LogP contribution in [-0.2, 0) is 6.54 Å². The maximum Gasteiger partial charge on any atom is 0.0688 e. The quantitative estimate of drug-likeness (QED) is 0.829. The summed E-state index contributed by atoms with van der Waals surface area (Å²) in [5.41, 5.74) is 6.65. The number of hydrogen-bond acceptors (Lipinski definition) is 2. The zero-order chi connectivity index (χ0) is 15.8. The van der Waals surface area contributed by atoms with Gasteiger partial charge in [0.15, 0.2) is 0 Å². The SMILES string of the molecule is Cc1cnc(C2=CC3CCC(C2)N3Cc2ccccc2)c(C)c1. The second-order valence-corrected chi connectivity index (χ2v) is 7.03. The summed E-state index contributed by atoms with van der Waals surface area (Å²) in [4.78, 5) is 7.40. The monoisotopic (exact) mass is 304 g/mol. The minimum absolute atomic E-state index is 0.575. The first-order chi connectivity index (χ1) is 11.2. The average molecular weight is 304 g/mol. The molecular weight excluding hydrogens is 280 g/mol. The Balaban J connectivity index is 1.59. The summed E-state index contributed by atoms with van der Waals surface area (Å²) in [5, 5.41) is 0. The fourth-order valence-corrected chi connectivity index (χ4v) is 4.19. The van der Waals surface area contributed by atoms with E-state index in [1.165, 1.54) is 40.8 Å². The van der Waals surface area contributed by atoms with Gasteiger partial charge in [0, 0.05) is 24.8 Å². The summed E-state index contributed by atoms with van der Waals surface area (Å²) in [6.45, 7) is 5.37. The molecule has 2 aromatic rings. The summed E-state index contributed by atoms with van der Waals surface area (Å²) in [6, 6.07) is 14.4. The Morgan fingerprint density at radius 3 is 2.70 bits per heavy atom. The normalized spacial score (nSPS) is 23.8. The molecular formula is C21H24N2. The highest BCUT2D eigenvalue weighted by atomic mass is 15.2. The molecule has 0 radical (unpaired) electrons. The van der Waals surface area contributed by atoms with Crippen molar-refractivity contribution in [3.63, 3.8) is 0 Å². The third-order valence-corrected chi connectivity index (χ3v) is 5.27. The van der Waals surface area contributed by atoms with E-state index in [1.807, 2.05) is 6.20 Å². The van der Waals surface area contributed by atoms with Crippen LogP contribution < -0.4 is 0 Å². The molecule has 23 heavy (non-hydrogen) atoms. The molecule has 1 aromatic heterocycles. The first-order valence-corrected chi connectivity index (χ1v) is 8.65. The number of hydrogen-bond donors (Lipinski definition) is 0. The van der Waals surface area contributed by atoms with Crippen molar-refractivity contribution in [3.8, 4) is 0 Å². The first kappa shape index (κ1) is 14.6. The van der Waals surface area contributed by atoms with E-state index in [0.717, 1.165) is 13.0 Å². The fourth-order valence-electron chi connectivity index (χ4n) is 4.19. The van der Waals surface area contributed by atoms with E-state index >= 15 is 0 Å². The lowest BCUT2D eigenvalue weighted by atomic mass is 9.95. The van der Waals surface area contributed by atoms with Gasteiger partial charge in [0.25, 0.3) is 0 Å². The summed E-state index contributed by atoms with van der Waals surface area (Å²) in [6.07, 6.45) is 8.22. The van der Waals surface area contributed by atoms with Crippen LogP contribution in [0.15, 0.2) is 48.7 Å². The van der Waals surface area contributed by atoms with E-state index in [4.69, 9.17) is 4.98 Å². The van der Waals surface area contributed by atoms with Gasteiger partial charge in [-0.15, -0.1) is 0 Å². The van der Waals surface area contributed by atoms with E-state index in [0.29, 0.717) is 12.1 Å². The van der Waals surface area contributed by atoms with Crippen LogP contribution in [0.2, 0.25) is 0 Å². The zero-order valence-corrected chi connectivity index (χ0v) is 14.0. The van der Waals surface area contributed by atoms with Crippen LogP contribution in [0.5, 0.6) is 0 Å². The van der Waals surface area contributed by atoms with Gasteiger partial charge in [-0.1, -0.05) is 42.5 Å². The minimum atomic E-state index is 0.575. The maximum atomic E-state index is 4.72. The molecule has 0 saturated carbocycles. The van der Waals surface area contributed by atoms with E-state index in [1.54, 1.807) is 0 Å². The van der Waals surface area contributed by atoms with Crippen LogP contribution in [0.3, 0.4) is 0 Å². The number of fused-ring (bicyclic) bond motifs is 2. The summed E-state index contributed by atoms with van der Waals surface area (Å²) >= 11 is 0. The Kier molecular flexibility index (Phi) is 3.78.